The molecule has 0 bridgehead atoms. The van der Waals surface area contributed by atoms with Crippen LogP contribution in [0.2, 0.25) is 0 Å². The first-order valence-corrected chi connectivity index (χ1v) is 6.30. The number of carbonyl (C=O) groups excluding carboxylic acids is 2. The fourth-order valence-electron chi connectivity index (χ4n) is 2.11. The highest BCUT2D eigenvalue weighted by atomic mass is 16.6. The summed E-state index contributed by atoms with van der Waals surface area (Å²) in [5, 5.41) is 9.38. The van der Waals surface area contributed by atoms with Gasteiger partial charge in [0.1, 0.15) is 17.3 Å². The van der Waals surface area contributed by atoms with Crippen LogP contribution in [0.25, 0.3) is 0 Å². The molecule has 1 aliphatic rings. The number of rotatable bonds is 3. The van der Waals surface area contributed by atoms with E-state index in [4.69, 9.17) is 4.74 Å². The molecule has 18 heavy (non-hydrogen) atoms. The lowest BCUT2D eigenvalue weighted by atomic mass is 9.81. The molecule has 0 aromatic carbocycles. The van der Waals surface area contributed by atoms with Crippen LogP contribution in [0.3, 0.4) is 0 Å². The van der Waals surface area contributed by atoms with Gasteiger partial charge in [-0.2, -0.15) is 0 Å². The molecule has 4 heteroatoms. The van der Waals surface area contributed by atoms with E-state index < -0.39 is 23.6 Å². The molecule has 0 aromatic heterocycles. The Morgan fingerprint density at radius 1 is 1.28 bits per heavy atom. The highest BCUT2D eigenvalue weighted by Gasteiger charge is 2.35. The van der Waals surface area contributed by atoms with Gasteiger partial charge in [-0.05, 0) is 46.5 Å². The van der Waals surface area contributed by atoms with Crippen molar-refractivity contribution in [3.8, 4) is 0 Å². The molecule has 0 aromatic rings. The molecule has 0 saturated carbocycles. The minimum atomic E-state index is -0.757. The van der Waals surface area contributed by atoms with Crippen molar-refractivity contribution in [2.24, 2.45) is 11.8 Å². The first-order chi connectivity index (χ1) is 8.20. The molecule has 102 valence electrons. The Morgan fingerprint density at radius 2 is 1.89 bits per heavy atom. The van der Waals surface area contributed by atoms with Crippen LogP contribution in [0, 0.1) is 11.8 Å². The zero-order valence-electron chi connectivity index (χ0n) is 11.5. The van der Waals surface area contributed by atoms with Gasteiger partial charge >= 0.3 is 5.97 Å². The number of hydrogen-bond acceptors (Lipinski definition) is 4. The van der Waals surface area contributed by atoms with E-state index in [-0.39, 0.29) is 11.7 Å². The lowest BCUT2D eigenvalue weighted by Crippen LogP contribution is -2.36. The van der Waals surface area contributed by atoms with Crippen LogP contribution < -0.4 is 0 Å². The average molecular weight is 254 g/mol. The summed E-state index contributed by atoms with van der Waals surface area (Å²) in [5.41, 5.74) is -0.595. The van der Waals surface area contributed by atoms with Crippen LogP contribution in [-0.4, -0.2) is 28.6 Å². The van der Waals surface area contributed by atoms with Gasteiger partial charge in [-0.15, -0.1) is 0 Å². The molecule has 0 radical (unpaired) electrons. The van der Waals surface area contributed by atoms with Crippen molar-refractivity contribution >= 4 is 11.8 Å². The molecule has 0 heterocycles. The zero-order chi connectivity index (χ0) is 13.9. The summed E-state index contributed by atoms with van der Waals surface area (Å²) in [7, 11) is 0. The predicted octanol–water partition coefficient (Wildman–Crippen LogP) is 1.86. The van der Waals surface area contributed by atoms with Crippen molar-refractivity contribution in [3.63, 3.8) is 0 Å². The molecule has 3 atom stereocenters. The van der Waals surface area contributed by atoms with Gasteiger partial charge in [0.2, 0.25) is 0 Å². The smallest absolute Gasteiger partial charge is 0.317 e. The van der Waals surface area contributed by atoms with Gasteiger partial charge in [0.25, 0.3) is 0 Å². The molecule has 1 aliphatic carbocycles. The average Bonchev–Trinajstić information content (AvgIpc) is 2.18. The summed E-state index contributed by atoms with van der Waals surface area (Å²) in [4.78, 5) is 23.7. The van der Waals surface area contributed by atoms with Crippen LogP contribution in [0.15, 0.2) is 12.2 Å². The molecule has 4 nitrogen and oxygen atoms in total. The maximum atomic E-state index is 12.0. The van der Waals surface area contributed by atoms with Gasteiger partial charge in [-0.3, -0.25) is 9.59 Å². The summed E-state index contributed by atoms with van der Waals surface area (Å²) in [6, 6.07) is 0. The quantitative estimate of drug-likeness (QED) is 0.474. The fourth-order valence-corrected chi connectivity index (χ4v) is 2.11. The predicted molar refractivity (Wildman–Crippen MR) is 67.9 cm³/mol. The van der Waals surface area contributed by atoms with Gasteiger partial charge < -0.3 is 9.84 Å². The van der Waals surface area contributed by atoms with E-state index in [2.05, 4.69) is 0 Å². The maximum absolute atomic E-state index is 12.0. The van der Waals surface area contributed by atoms with Gasteiger partial charge in [0.15, 0.2) is 0 Å². The van der Waals surface area contributed by atoms with Gasteiger partial charge in [-0.1, -0.05) is 12.2 Å². The molecular formula is C14H22O4. The van der Waals surface area contributed by atoms with Crippen LogP contribution in [0.1, 0.15) is 40.5 Å². The third-order valence-electron chi connectivity index (χ3n) is 2.90. The van der Waals surface area contributed by atoms with E-state index in [1.54, 1.807) is 32.9 Å². The number of allylic oxidation sites excluding steroid dienone is 1. The number of ether oxygens (including phenoxy) is 1. The summed E-state index contributed by atoms with van der Waals surface area (Å²) in [6.45, 7) is 6.75. The Labute approximate surface area is 108 Å². The number of aliphatic hydroxyl groups excluding tert-OH is 1. The van der Waals surface area contributed by atoms with E-state index >= 15 is 0 Å². The van der Waals surface area contributed by atoms with Gasteiger partial charge in [0.05, 0.1) is 6.10 Å². The van der Waals surface area contributed by atoms with Crippen molar-refractivity contribution in [2.45, 2.75) is 52.2 Å². The second kappa shape index (κ2) is 5.65. The Balaban J connectivity index is 2.80. The summed E-state index contributed by atoms with van der Waals surface area (Å²) >= 11 is 0. The maximum Gasteiger partial charge on any atom is 0.317 e. The minimum absolute atomic E-state index is 0.166. The third kappa shape index (κ3) is 4.26. The van der Waals surface area contributed by atoms with E-state index in [1.165, 1.54) is 6.92 Å². The number of hydrogen-bond donors (Lipinski definition) is 1. The minimum Gasteiger partial charge on any atom is -0.459 e. The van der Waals surface area contributed by atoms with Crippen LogP contribution >= 0.6 is 0 Å². The van der Waals surface area contributed by atoms with Crippen molar-refractivity contribution < 1.29 is 19.4 Å². The van der Waals surface area contributed by atoms with Crippen LogP contribution in [-0.2, 0) is 14.3 Å². The lowest BCUT2D eigenvalue weighted by molar-refractivity contribution is -0.163. The monoisotopic (exact) mass is 254 g/mol. The summed E-state index contributed by atoms with van der Waals surface area (Å²) < 4.78 is 5.29. The number of carbonyl (C=O) groups is 2. The molecule has 1 N–H and O–H groups in total. The Morgan fingerprint density at radius 3 is 2.28 bits per heavy atom. The van der Waals surface area contributed by atoms with Crippen molar-refractivity contribution in [3.05, 3.63) is 12.2 Å². The number of Topliss-reactive ketones (excluding diaryl/α,β-unsaturated/α-hetero) is 1. The SMILES string of the molecule is CC(=O)C(C(=O)OC(C)(C)C)[C@H]1C=C[C@@H](O)CC1. The normalized spacial score (nSPS) is 25.6. The molecule has 0 aliphatic heterocycles. The molecule has 0 saturated heterocycles. The van der Waals surface area contributed by atoms with Gasteiger partial charge in [0, 0.05) is 0 Å². The molecule has 0 amide bonds. The highest BCUT2D eigenvalue weighted by Crippen LogP contribution is 2.28. The third-order valence-corrected chi connectivity index (χ3v) is 2.90. The summed E-state index contributed by atoms with van der Waals surface area (Å²) in [5.74, 6) is -1.58. The molecule has 1 rings (SSSR count). The second-order valence-corrected chi connectivity index (χ2v) is 5.82. The van der Waals surface area contributed by atoms with Crippen molar-refractivity contribution in [1.82, 2.24) is 0 Å². The topological polar surface area (TPSA) is 63.6 Å². The zero-order valence-corrected chi connectivity index (χ0v) is 11.5. The number of aliphatic hydroxyl groups is 1. The first kappa shape index (κ1) is 14.9. The van der Waals surface area contributed by atoms with Crippen molar-refractivity contribution in [1.29, 1.82) is 0 Å². The van der Waals surface area contributed by atoms with E-state index in [0.29, 0.717) is 12.8 Å². The van der Waals surface area contributed by atoms with Crippen molar-refractivity contribution in [2.75, 3.05) is 0 Å². The Bertz CT molecular complexity index is 351. The molecule has 0 spiro atoms. The summed E-state index contributed by atoms with van der Waals surface area (Å²) in [6.07, 6.45) is 4.14. The molecule has 1 unspecified atom stereocenters. The highest BCUT2D eigenvalue weighted by molar-refractivity contribution is 5.98. The standard InChI is InChI=1S/C14H22O4/c1-9(15)12(13(17)18-14(2,3)4)10-5-7-11(16)8-6-10/h5,7,10-12,16H,6,8H2,1-4H3/t10-,11+,12?/m0/s1. The van der Waals surface area contributed by atoms with E-state index in [1.807, 2.05) is 0 Å². The Hall–Kier alpha value is -1.16. The van der Waals surface area contributed by atoms with Crippen LogP contribution in [0.5, 0.6) is 0 Å². The molecular weight excluding hydrogens is 232 g/mol. The second-order valence-electron chi connectivity index (χ2n) is 5.82. The van der Waals surface area contributed by atoms with E-state index in [9.17, 15) is 14.7 Å². The van der Waals surface area contributed by atoms with Crippen LogP contribution in [0.4, 0.5) is 0 Å². The first-order valence-electron chi connectivity index (χ1n) is 6.30. The largest absolute Gasteiger partial charge is 0.459 e. The number of ketones is 1. The lowest BCUT2D eigenvalue weighted by Gasteiger charge is -2.28. The van der Waals surface area contributed by atoms with E-state index in [0.717, 1.165) is 0 Å². The fraction of sp³-hybridized carbons (Fsp3) is 0.714. The molecule has 0 fully saturated rings. The Kier molecular flexibility index (Phi) is 4.68. The number of esters is 1. The van der Waals surface area contributed by atoms with Gasteiger partial charge in [-0.25, -0.2) is 0 Å².